The minimum atomic E-state index is -0.861. The van der Waals surface area contributed by atoms with Crippen molar-refractivity contribution < 1.29 is 18.3 Å². The maximum Gasteiger partial charge on any atom is 0.323 e. The van der Waals surface area contributed by atoms with Gasteiger partial charge in [0.2, 0.25) is 0 Å². The molecule has 1 heterocycles. The first-order valence-electron chi connectivity index (χ1n) is 7.17. The van der Waals surface area contributed by atoms with E-state index in [2.05, 4.69) is 0 Å². The molecule has 1 aliphatic heterocycles. The first kappa shape index (κ1) is 15.9. The van der Waals surface area contributed by atoms with Gasteiger partial charge in [0.05, 0.1) is 0 Å². The molecule has 21 heavy (non-hydrogen) atoms. The zero-order chi connectivity index (χ0) is 15.6. The standard InChI is InChI=1S/C16H21F2NO2/c1-16(2,3)21-15(20)14-5-4-8-19(14)10-11-6-7-12(17)13(18)9-11/h6-7,9,14H,4-5,8,10H2,1-3H3/t14-/m0/s1. The summed E-state index contributed by atoms with van der Waals surface area (Å²) >= 11 is 0. The molecule has 3 nitrogen and oxygen atoms in total. The van der Waals surface area contributed by atoms with Crippen molar-refractivity contribution in [1.82, 2.24) is 4.90 Å². The first-order valence-corrected chi connectivity index (χ1v) is 7.17. The molecule has 0 unspecified atom stereocenters. The molecule has 1 saturated heterocycles. The van der Waals surface area contributed by atoms with Crippen LogP contribution in [0.4, 0.5) is 8.78 Å². The Bertz CT molecular complexity index is 525. The number of hydrogen-bond acceptors (Lipinski definition) is 3. The Labute approximate surface area is 123 Å². The van der Waals surface area contributed by atoms with E-state index in [-0.39, 0.29) is 12.0 Å². The van der Waals surface area contributed by atoms with Crippen LogP contribution in [0.1, 0.15) is 39.2 Å². The minimum Gasteiger partial charge on any atom is -0.459 e. The fourth-order valence-corrected chi connectivity index (χ4v) is 2.52. The quantitative estimate of drug-likeness (QED) is 0.802. The lowest BCUT2D eigenvalue weighted by molar-refractivity contribution is -0.160. The molecule has 0 aliphatic carbocycles. The number of nitrogens with zero attached hydrogens (tertiary/aromatic N) is 1. The molecule has 0 spiro atoms. The van der Waals surface area contributed by atoms with Gasteiger partial charge in [0, 0.05) is 6.54 Å². The van der Waals surface area contributed by atoms with E-state index in [1.807, 2.05) is 25.7 Å². The Hall–Kier alpha value is -1.49. The van der Waals surface area contributed by atoms with Crippen LogP contribution in [0.15, 0.2) is 18.2 Å². The lowest BCUT2D eigenvalue weighted by atomic mass is 10.1. The SMILES string of the molecule is CC(C)(C)OC(=O)[C@@H]1CCCN1Cc1ccc(F)c(F)c1. The van der Waals surface area contributed by atoms with Crippen LogP contribution >= 0.6 is 0 Å². The van der Waals surface area contributed by atoms with E-state index in [0.717, 1.165) is 25.5 Å². The van der Waals surface area contributed by atoms with Gasteiger partial charge in [0.25, 0.3) is 0 Å². The van der Waals surface area contributed by atoms with E-state index in [0.29, 0.717) is 12.1 Å². The number of likely N-dealkylation sites (tertiary alicyclic amines) is 1. The second-order valence-corrected chi connectivity index (χ2v) is 6.41. The molecule has 0 amide bonds. The number of hydrogen-bond donors (Lipinski definition) is 0. The molecule has 1 aliphatic rings. The molecule has 1 fully saturated rings. The molecule has 0 saturated carbocycles. The average molecular weight is 297 g/mol. The maximum absolute atomic E-state index is 13.2. The monoisotopic (exact) mass is 297 g/mol. The number of carbonyl (C=O) groups is 1. The van der Waals surface area contributed by atoms with Crippen molar-refractivity contribution in [3.63, 3.8) is 0 Å². The van der Waals surface area contributed by atoms with Crippen LogP contribution < -0.4 is 0 Å². The van der Waals surface area contributed by atoms with Gasteiger partial charge < -0.3 is 4.74 Å². The zero-order valence-electron chi connectivity index (χ0n) is 12.7. The summed E-state index contributed by atoms with van der Waals surface area (Å²) in [5, 5.41) is 0. The largest absolute Gasteiger partial charge is 0.459 e. The van der Waals surface area contributed by atoms with E-state index >= 15 is 0 Å². The van der Waals surface area contributed by atoms with Crippen LogP contribution in [0.2, 0.25) is 0 Å². The van der Waals surface area contributed by atoms with Gasteiger partial charge in [0.15, 0.2) is 11.6 Å². The molecule has 0 bridgehead atoms. The van der Waals surface area contributed by atoms with Crippen molar-refractivity contribution in [3.8, 4) is 0 Å². The molecule has 1 aromatic carbocycles. The summed E-state index contributed by atoms with van der Waals surface area (Å²) in [7, 11) is 0. The van der Waals surface area contributed by atoms with Crippen LogP contribution in [-0.2, 0) is 16.1 Å². The molecule has 116 valence electrons. The van der Waals surface area contributed by atoms with E-state index in [9.17, 15) is 13.6 Å². The molecule has 0 aromatic heterocycles. The Kier molecular flexibility index (Phi) is 4.61. The summed E-state index contributed by atoms with van der Waals surface area (Å²) in [5.41, 5.74) is 0.136. The van der Waals surface area contributed by atoms with Crippen molar-refractivity contribution in [2.45, 2.75) is 51.8 Å². The molecule has 0 N–H and O–H groups in total. The molecule has 2 rings (SSSR count). The van der Waals surface area contributed by atoms with Crippen molar-refractivity contribution in [3.05, 3.63) is 35.4 Å². The van der Waals surface area contributed by atoms with Gasteiger partial charge >= 0.3 is 5.97 Å². The van der Waals surface area contributed by atoms with Gasteiger partial charge in [-0.05, 0) is 57.9 Å². The van der Waals surface area contributed by atoms with Gasteiger partial charge in [0.1, 0.15) is 11.6 Å². The van der Waals surface area contributed by atoms with Crippen LogP contribution in [0.5, 0.6) is 0 Å². The summed E-state index contributed by atoms with van der Waals surface area (Å²) in [4.78, 5) is 14.1. The Morgan fingerprint density at radius 3 is 2.67 bits per heavy atom. The van der Waals surface area contributed by atoms with Crippen LogP contribution in [0.3, 0.4) is 0 Å². The summed E-state index contributed by atoms with van der Waals surface area (Å²) < 4.78 is 31.6. The minimum absolute atomic E-state index is 0.248. The lowest BCUT2D eigenvalue weighted by Gasteiger charge is -2.27. The van der Waals surface area contributed by atoms with Crippen LogP contribution in [0, 0.1) is 11.6 Å². The van der Waals surface area contributed by atoms with Crippen LogP contribution in [0.25, 0.3) is 0 Å². The highest BCUT2D eigenvalue weighted by Gasteiger charge is 2.34. The fraction of sp³-hybridized carbons (Fsp3) is 0.562. The third-order valence-corrected chi connectivity index (χ3v) is 3.41. The summed E-state index contributed by atoms with van der Waals surface area (Å²) in [5.74, 6) is -1.97. The Morgan fingerprint density at radius 1 is 1.33 bits per heavy atom. The summed E-state index contributed by atoms with van der Waals surface area (Å²) in [6.07, 6.45) is 1.63. The zero-order valence-corrected chi connectivity index (χ0v) is 12.7. The van der Waals surface area contributed by atoms with E-state index in [4.69, 9.17) is 4.74 Å². The number of esters is 1. The van der Waals surface area contributed by atoms with Crippen molar-refractivity contribution in [2.75, 3.05) is 6.54 Å². The third-order valence-electron chi connectivity index (χ3n) is 3.41. The normalized spacial score (nSPS) is 19.8. The topological polar surface area (TPSA) is 29.5 Å². The molecule has 1 atom stereocenters. The van der Waals surface area contributed by atoms with Crippen molar-refractivity contribution >= 4 is 5.97 Å². The van der Waals surface area contributed by atoms with Crippen LogP contribution in [-0.4, -0.2) is 29.1 Å². The van der Waals surface area contributed by atoms with Gasteiger partial charge in [-0.25, -0.2) is 8.78 Å². The molecular weight excluding hydrogens is 276 g/mol. The summed E-state index contributed by atoms with van der Waals surface area (Å²) in [6, 6.07) is 3.53. The molecule has 1 aromatic rings. The van der Waals surface area contributed by atoms with Gasteiger partial charge in [-0.15, -0.1) is 0 Å². The number of ether oxygens (including phenoxy) is 1. The molecule has 0 radical (unpaired) electrons. The lowest BCUT2D eigenvalue weighted by Crippen LogP contribution is -2.40. The second kappa shape index (κ2) is 6.10. The highest BCUT2D eigenvalue weighted by molar-refractivity contribution is 5.76. The molecule has 5 heteroatoms. The van der Waals surface area contributed by atoms with Gasteiger partial charge in [-0.3, -0.25) is 9.69 Å². The highest BCUT2D eigenvalue weighted by Crippen LogP contribution is 2.23. The number of benzene rings is 1. The Balaban J connectivity index is 2.05. The number of rotatable bonds is 3. The first-order chi connectivity index (χ1) is 9.76. The number of halogens is 2. The van der Waals surface area contributed by atoms with Crippen molar-refractivity contribution in [2.24, 2.45) is 0 Å². The summed E-state index contributed by atoms with van der Waals surface area (Å²) in [6.45, 7) is 6.67. The molecular formula is C16H21F2NO2. The van der Waals surface area contributed by atoms with Gasteiger partial charge in [-0.2, -0.15) is 0 Å². The van der Waals surface area contributed by atoms with E-state index in [1.54, 1.807) is 6.07 Å². The number of carbonyl (C=O) groups excluding carboxylic acids is 1. The van der Waals surface area contributed by atoms with E-state index < -0.39 is 17.2 Å². The average Bonchev–Trinajstić information content (AvgIpc) is 2.80. The Morgan fingerprint density at radius 2 is 2.05 bits per heavy atom. The predicted octanol–water partition coefficient (Wildman–Crippen LogP) is 3.27. The highest BCUT2D eigenvalue weighted by atomic mass is 19.2. The third kappa shape index (κ3) is 4.24. The smallest absolute Gasteiger partial charge is 0.323 e. The van der Waals surface area contributed by atoms with Gasteiger partial charge in [-0.1, -0.05) is 6.07 Å². The predicted molar refractivity (Wildman–Crippen MR) is 75.6 cm³/mol. The van der Waals surface area contributed by atoms with E-state index in [1.165, 1.54) is 6.07 Å². The second-order valence-electron chi connectivity index (χ2n) is 6.41. The van der Waals surface area contributed by atoms with Crippen molar-refractivity contribution in [1.29, 1.82) is 0 Å². The maximum atomic E-state index is 13.2. The fourth-order valence-electron chi connectivity index (χ4n) is 2.52.